The lowest BCUT2D eigenvalue weighted by molar-refractivity contribution is 0.736. The third kappa shape index (κ3) is 229. The van der Waals surface area contributed by atoms with Crippen LogP contribution < -0.4 is 0 Å². The van der Waals surface area contributed by atoms with Crippen LogP contribution in [0, 0.1) is 11.8 Å². The van der Waals surface area contributed by atoms with Gasteiger partial charge in [-0.25, -0.2) is 0 Å². The second kappa shape index (κ2) is 18.3. The first-order valence-electron chi connectivity index (χ1n) is 5.52. The first-order valence-corrected chi connectivity index (χ1v) is 7.23. The summed E-state index contributed by atoms with van der Waals surface area (Å²) in [6.45, 7) is 17.5. The molecule has 0 aromatic heterocycles. The predicted octanol–water partition coefficient (Wildman–Crippen LogP) is 5.03. The van der Waals surface area contributed by atoms with E-state index in [9.17, 15) is 0 Å². The van der Waals surface area contributed by atoms with Crippen LogP contribution in [0.2, 0.25) is 0 Å². The summed E-state index contributed by atoms with van der Waals surface area (Å²) in [7, 11) is 1.16. The van der Waals surface area contributed by atoms with Gasteiger partial charge >= 0.3 is 0 Å². The molecule has 0 heterocycles. The van der Waals surface area contributed by atoms with Crippen molar-refractivity contribution in [2.75, 3.05) is 12.8 Å². The van der Waals surface area contributed by atoms with Crippen LogP contribution in [0.4, 0.5) is 0 Å². The lowest BCUT2D eigenvalue weighted by Gasteiger charge is -1.80. The summed E-state index contributed by atoms with van der Waals surface area (Å²) in [5, 5.41) is 0. The van der Waals surface area contributed by atoms with Gasteiger partial charge in [-0.2, -0.15) is 0 Å². The second-order valence-electron chi connectivity index (χ2n) is 4.57. The summed E-state index contributed by atoms with van der Waals surface area (Å²) >= 11 is 0. The molecule has 1 unspecified atom stereocenters. The Morgan fingerprint density at radius 1 is 0.846 bits per heavy atom. The smallest absolute Gasteiger partial charge is 0.0359 e. The van der Waals surface area contributed by atoms with E-state index >= 15 is 0 Å². The molecule has 0 saturated carbocycles. The first-order chi connectivity index (χ1) is 5.88. The summed E-state index contributed by atoms with van der Waals surface area (Å²) < 4.78 is 0. The zero-order valence-corrected chi connectivity index (χ0v) is 12.1. The van der Waals surface area contributed by atoms with Gasteiger partial charge in [0.05, 0.1) is 0 Å². The van der Waals surface area contributed by atoms with Gasteiger partial charge in [0.2, 0.25) is 0 Å². The van der Waals surface area contributed by atoms with Gasteiger partial charge in [0.1, 0.15) is 0 Å². The minimum atomic E-state index is 0.833. The molecule has 13 heavy (non-hydrogen) atoms. The minimum absolute atomic E-state index is 0.833. The van der Waals surface area contributed by atoms with Crippen molar-refractivity contribution >= 4 is 8.58 Å². The lowest BCUT2D eigenvalue weighted by Crippen LogP contribution is -1.66. The average molecular weight is 206 g/mol. The van der Waals surface area contributed by atoms with E-state index in [1.54, 1.807) is 0 Å². The van der Waals surface area contributed by atoms with E-state index in [1.807, 2.05) is 0 Å². The molecule has 84 valence electrons. The van der Waals surface area contributed by atoms with Crippen LogP contribution in [-0.4, -0.2) is 12.8 Å². The third-order valence-corrected chi connectivity index (χ3v) is 1.50. The summed E-state index contributed by atoms with van der Waals surface area (Å²) in [5.74, 6) is 1.67. The van der Waals surface area contributed by atoms with Crippen LogP contribution >= 0.6 is 8.58 Å². The van der Waals surface area contributed by atoms with E-state index in [0.29, 0.717) is 0 Å². The van der Waals surface area contributed by atoms with Crippen LogP contribution in [0.15, 0.2) is 0 Å². The fraction of sp³-hybridized carbons (Fsp3) is 1.00. The zero-order chi connectivity index (χ0) is 11.3. The molecule has 0 nitrogen and oxygen atoms in total. The Balaban J connectivity index is -0.000000117. The topological polar surface area (TPSA) is 0 Å². The van der Waals surface area contributed by atoms with Crippen LogP contribution in [0.1, 0.15) is 54.9 Å². The summed E-state index contributed by atoms with van der Waals surface area (Å²) in [4.78, 5) is 0. The minimum Gasteiger partial charge on any atom is -0.125 e. The van der Waals surface area contributed by atoms with E-state index in [0.717, 1.165) is 20.4 Å². The molecule has 1 heteroatoms. The zero-order valence-electron chi connectivity index (χ0n) is 11.1. The number of rotatable bonds is 2. The van der Waals surface area contributed by atoms with Gasteiger partial charge < -0.3 is 0 Å². The number of hydrogen-bond donors (Lipinski definition) is 0. The molecule has 0 radical (unpaired) electrons. The Morgan fingerprint density at radius 2 is 1.08 bits per heavy atom. The SMILES string of the molecule is CC(C)C.CC(C)C.CCCPC. The molecule has 0 aromatic carbocycles. The van der Waals surface area contributed by atoms with Crippen molar-refractivity contribution in [1.82, 2.24) is 0 Å². The van der Waals surface area contributed by atoms with Crippen molar-refractivity contribution < 1.29 is 0 Å². The summed E-state index contributed by atoms with van der Waals surface area (Å²) in [6.07, 6.45) is 2.77. The molecule has 0 aliphatic carbocycles. The van der Waals surface area contributed by atoms with E-state index in [-0.39, 0.29) is 0 Å². The Bertz CT molecular complexity index is 44.6. The fourth-order valence-corrected chi connectivity index (χ4v) is 0.750. The van der Waals surface area contributed by atoms with Crippen molar-refractivity contribution in [1.29, 1.82) is 0 Å². The van der Waals surface area contributed by atoms with E-state index < -0.39 is 0 Å². The number of hydrogen-bond acceptors (Lipinski definition) is 0. The predicted molar refractivity (Wildman–Crippen MR) is 70.4 cm³/mol. The molecule has 0 spiro atoms. The standard InChI is InChI=1S/C4H11P.2C4H10/c1-3-4-5-2;2*1-4(2)3/h5H,3-4H2,1-2H3;2*4H,1-3H3. The molecule has 0 bridgehead atoms. The fourth-order valence-electron chi connectivity index (χ4n) is 0.250. The highest BCUT2D eigenvalue weighted by molar-refractivity contribution is 7.36. The highest BCUT2D eigenvalue weighted by Gasteiger charge is 1.68. The quantitative estimate of drug-likeness (QED) is 0.556. The van der Waals surface area contributed by atoms with Gasteiger partial charge in [-0.3, -0.25) is 0 Å². The van der Waals surface area contributed by atoms with Gasteiger partial charge in [-0.1, -0.05) is 54.9 Å². The second-order valence-corrected chi connectivity index (χ2v) is 5.77. The van der Waals surface area contributed by atoms with Crippen molar-refractivity contribution in [2.45, 2.75) is 54.9 Å². The molecular weight excluding hydrogens is 175 g/mol. The Kier molecular flexibility index (Phi) is 26.8. The average Bonchev–Trinajstić information content (AvgIpc) is 1.86. The van der Waals surface area contributed by atoms with Gasteiger partial charge in [0, 0.05) is 0 Å². The molecule has 0 saturated heterocycles. The summed E-state index contributed by atoms with van der Waals surface area (Å²) in [6, 6.07) is 0. The molecule has 0 rings (SSSR count). The Morgan fingerprint density at radius 3 is 1.08 bits per heavy atom. The molecule has 0 fully saturated rings. The molecule has 0 aromatic rings. The van der Waals surface area contributed by atoms with Crippen LogP contribution in [-0.2, 0) is 0 Å². The molecule has 1 atom stereocenters. The lowest BCUT2D eigenvalue weighted by atomic mass is 10.3. The van der Waals surface area contributed by atoms with Crippen LogP contribution in [0.5, 0.6) is 0 Å². The van der Waals surface area contributed by atoms with Crippen molar-refractivity contribution in [3.8, 4) is 0 Å². The molecule has 0 aliphatic rings. The monoisotopic (exact) mass is 206 g/mol. The summed E-state index contributed by atoms with van der Waals surface area (Å²) in [5.41, 5.74) is 0. The highest BCUT2D eigenvalue weighted by Crippen LogP contribution is 2.01. The maximum atomic E-state index is 2.24. The van der Waals surface area contributed by atoms with Crippen molar-refractivity contribution in [3.05, 3.63) is 0 Å². The normalized spacial score (nSPS) is 9.69. The van der Waals surface area contributed by atoms with Gasteiger partial charge in [-0.05, 0) is 24.7 Å². The van der Waals surface area contributed by atoms with Crippen LogP contribution in [0.3, 0.4) is 0 Å². The largest absolute Gasteiger partial charge is 0.125 e. The van der Waals surface area contributed by atoms with Gasteiger partial charge in [0.15, 0.2) is 0 Å². The molecule has 0 N–H and O–H groups in total. The molecule has 0 amide bonds. The molecular formula is C12H31P. The molecule has 0 aliphatic heterocycles. The van der Waals surface area contributed by atoms with Gasteiger partial charge in [-0.15, -0.1) is 8.58 Å². The van der Waals surface area contributed by atoms with Crippen LogP contribution in [0.25, 0.3) is 0 Å². The van der Waals surface area contributed by atoms with Crippen molar-refractivity contribution in [3.63, 3.8) is 0 Å². The highest BCUT2D eigenvalue weighted by atomic mass is 31.1. The van der Waals surface area contributed by atoms with Gasteiger partial charge in [0.25, 0.3) is 0 Å². The first kappa shape index (κ1) is 19.1. The van der Waals surface area contributed by atoms with E-state index in [4.69, 9.17) is 0 Å². The Hall–Kier alpha value is 0.430. The van der Waals surface area contributed by atoms with E-state index in [1.165, 1.54) is 12.6 Å². The Labute approximate surface area is 88.7 Å². The maximum absolute atomic E-state index is 2.24. The maximum Gasteiger partial charge on any atom is -0.0359 e. The van der Waals surface area contributed by atoms with E-state index in [2.05, 4.69) is 55.1 Å². The third-order valence-electron chi connectivity index (χ3n) is 0.500. The van der Waals surface area contributed by atoms with Crippen molar-refractivity contribution in [2.24, 2.45) is 11.8 Å².